The Labute approximate surface area is 128 Å². The number of nitrogens with two attached hydrogens (primary N) is 1. The van der Waals surface area contributed by atoms with Crippen LogP contribution in [0.25, 0.3) is 0 Å². The Kier molecular flexibility index (Phi) is 6.64. The Balaban J connectivity index is 3.04. The van der Waals surface area contributed by atoms with E-state index in [1.807, 2.05) is 6.07 Å². The van der Waals surface area contributed by atoms with Crippen molar-refractivity contribution in [3.63, 3.8) is 0 Å². The first-order valence-corrected chi connectivity index (χ1v) is 8.82. The van der Waals surface area contributed by atoms with Crippen molar-refractivity contribution in [3.8, 4) is 0 Å². The van der Waals surface area contributed by atoms with E-state index in [4.69, 9.17) is 5.73 Å². The van der Waals surface area contributed by atoms with Crippen LogP contribution in [0.2, 0.25) is 0 Å². The predicted molar refractivity (Wildman–Crippen MR) is 87.8 cm³/mol. The number of anilines is 1. The van der Waals surface area contributed by atoms with Gasteiger partial charge >= 0.3 is 0 Å². The molecule has 1 atom stereocenters. The first-order chi connectivity index (χ1) is 9.76. The van der Waals surface area contributed by atoms with Gasteiger partial charge in [0.15, 0.2) is 0 Å². The molecule has 0 aliphatic carbocycles. The van der Waals surface area contributed by atoms with Crippen molar-refractivity contribution in [2.24, 2.45) is 11.7 Å². The van der Waals surface area contributed by atoms with Crippen molar-refractivity contribution in [2.45, 2.75) is 51.1 Å². The first kappa shape index (κ1) is 17.9. The van der Waals surface area contributed by atoms with Crippen molar-refractivity contribution in [1.82, 2.24) is 4.72 Å². The Morgan fingerprint density at radius 1 is 1.14 bits per heavy atom. The van der Waals surface area contributed by atoms with Gasteiger partial charge in [-0.1, -0.05) is 26.0 Å². The molecule has 6 heteroatoms. The third-order valence-electron chi connectivity index (χ3n) is 2.97. The van der Waals surface area contributed by atoms with Crippen LogP contribution in [0.4, 0.5) is 5.69 Å². The van der Waals surface area contributed by atoms with Crippen molar-refractivity contribution < 1.29 is 8.42 Å². The molecular weight excluding hydrogens is 286 g/mol. The molecule has 0 saturated heterocycles. The van der Waals surface area contributed by atoms with Crippen molar-refractivity contribution in [1.29, 1.82) is 0 Å². The Hall–Kier alpha value is -1.11. The minimum Gasteiger partial charge on any atom is -0.380 e. The van der Waals surface area contributed by atoms with Gasteiger partial charge in [0, 0.05) is 18.6 Å². The highest BCUT2D eigenvalue weighted by molar-refractivity contribution is 7.89. The minimum absolute atomic E-state index is 0.0559. The fourth-order valence-electron chi connectivity index (χ4n) is 2.20. The normalized spacial score (nSPS) is 13.7. The average Bonchev–Trinajstić information content (AvgIpc) is 2.36. The summed E-state index contributed by atoms with van der Waals surface area (Å²) in [5.41, 5.74) is 6.38. The predicted octanol–water partition coefficient (Wildman–Crippen LogP) is 2.16. The first-order valence-electron chi connectivity index (χ1n) is 7.34. The molecule has 0 aromatic heterocycles. The molecule has 0 saturated carbocycles. The van der Waals surface area contributed by atoms with Gasteiger partial charge in [-0.3, -0.25) is 0 Å². The average molecular weight is 313 g/mol. The monoisotopic (exact) mass is 313 g/mol. The zero-order valence-corrected chi connectivity index (χ0v) is 14.1. The zero-order chi connectivity index (χ0) is 16.0. The molecule has 0 bridgehead atoms. The second-order valence-electron chi connectivity index (χ2n) is 5.98. The summed E-state index contributed by atoms with van der Waals surface area (Å²) >= 11 is 0. The topological polar surface area (TPSA) is 84.2 Å². The van der Waals surface area contributed by atoms with E-state index in [2.05, 4.69) is 23.9 Å². The lowest BCUT2D eigenvalue weighted by Crippen LogP contribution is -2.33. The lowest BCUT2D eigenvalue weighted by atomic mass is 10.0. The number of hydrogen-bond donors (Lipinski definition) is 3. The molecule has 1 rings (SSSR count). The van der Waals surface area contributed by atoms with E-state index in [1.165, 1.54) is 0 Å². The molecule has 0 aliphatic rings. The van der Waals surface area contributed by atoms with Crippen LogP contribution < -0.4 is 15.8 Å². The van der Waals surface area contributed by atoms with Crippen LogP contribution >= 0.6 is 0 Å². The second kappa shape index (κ2) is 7.77. The van der Waals surface area contributed by atoms with E-state index in [1.54, 1.807) is 32.0 Å². The number of para-hydroxylation sites is 1. The Bertz CT molecular complexity index is 542. The van der Waals surface area contributed by atoms with Gasteiger partial charge in [-0.25, -0.2) is 13.1 Å². The number of hydrogen-bond acceptors (Lipinski definition) is 4. The van der Waals surface area contributed by atoms with Gasteiger partial charge in [0.05, 0.1) is 5.69 Å². The SMILES string of the molecule is CC(C)CC(CN)Nc1ccccc1S(=O)(=O)NC(C)C. The highest BCUT2D eigenvalue weighted by Crippen LogP contribution is 2.22. The molecule has 5 nitrogen and oxygen atoms in total. The summed E-state index contributed by atoms with van der Waals surface area (Å²) in [5, 5.41) is 3.26. The largest absolute Gasteiger partial charge is 0.380 e. The number of sulfonamides is 1. The van der Waals surface area contributed by atoms with E-state index in [-0.39, 0.29) is 17.0 Å². The van der Waals surface area contributed by atoms with Crippen LogP contribution in [0.3, 0.4) is 0 Å². The van der Waals surface area contributed by atoms with Gasteiger partial charge in [-0.05, 0) is 38.3 Å². The summed E-state index contributed by atoms with van der Waals surface area (Å²) in [7, 11) is -3.53. The fourth-order valence-corrected chi connectivity index (χ4v) is 3.62. The lowest BCUT2D eigenvalue weighted by Gasteiger charge is -2.22. The number of benzene rings is 1. The van der Waals surface area contributed by atoms with E-state index in [0.717, 1.165) is 6.42 Å². The maximum absolute atomic E-state index is 12.4. The molecule has 4 N–H and O–H groups in total. The van der Waals surface area contributed by atoms with Gasteiger partial charge in [0.1, 0.15) is 4.90 Å². The summed E-state index contributed by atoms with van der Waals surface area (Å²) in [6.45, 7) is 8.30. The molecular formula is C15H27N3O2S. The molecule has 0 amide bonds. The summed E-state index contributed by atoms with van der Waals surface area (Å²) < 4.78 is 27.4. The maximum atomic E-state index is 12.4. The highest BCUT2D eigenvalue weighted by atomic mass is 32.2. The van der Waals surface area contributed by atoms with Gasteiger partial charge in [-0.15, -0.1) is 0 Å². The van der Waals surface area contributed by atoms with E-state index < -0.39 is 10.0 Å². The van der Waals surface area contributed by atoms with E-state index in [9.17, 15) is 8.42 Å². The summed E-state index contributed by atoms with van der Waals surface area (Å²) in [6.07, 6.45) is 0.891. The van der Waals surface area contributed by atoms with Crippen molar-refractivity contribution in [2.75, 3.05) is 11.9 Å². The molecule has 1 unspecified atom stereocenters. The third-order valence-corrected chi connectivity index (χ3v) is 4.68. The zero-order valence-electron chi connectivity index (χ0n) is 13.3. The van der Waals surface area contributed by atoms with Crippen LogP contribution in [0.5, 0.6) is 0 Å². The molecule has 0 fully saturated rings. The van der Waals surface area contributed by atoms with Crippen LogP contribution in [-0.4, -0.2) is 27.0 Å². The van der Waals surface area contributed by atoms with Gasteiger partial charge in [0.2, 0.25) is 10.0 Å². The van der Waals surface area contributed by atoms with Gasteiger partial charge in [0.25, 0.3) is 0 Å². The smallest absolute Gasteiger partial charge is 0.242 e. The van der Waals surface area contributed by atoms with Crippen LogP contribution in [-0.2, 0) is 10.0 Å². The Morgan fingerprint density at radius 3 is 2.29 bits per heavy atom. The molecule has 120 valence electrons. The lowest BCUT2D eigenvalue weighted by molar-refractivity contribution is 0.521. The molecule has 21 heavy (non-hydrogen) atoms. The molecule has 1 aromatic rings. The summed E-state index contributed by atoms with van der Waals surface area (Å²) in [5.74, 6) is 0.489. The third kappa shape index (κ3) is 5.65. The number of rotatable bonds is 8. The van der Waals surface area contributed by atoms with E-state index in [0.29, 0.717) is 18.2 Å². The highest BCUT2D eigenvalue weighted by Gasteiger charge is 2.20. The minimum atomic E-state index is -3.53. The summed E-state index contributed by atoms with van der Waals surface area (Å²) in [4.78, 5) is 0.265. The van der Waals surface area contributed by atoms with Crippen LogP contribution in [0, 0.1) is 5.92 Å². The van der Waals surface area contributed by atoms with Gasteiger partial charge in [-0.2, -0.15) is 0 Å². The van der Waals surface area contributed by atoms with Gasteiger partial charge < -0.3 is 11.1 Å². The summed E-state index contributed by atoms with van der Waals surface area (Å²) in [6, 6.07) is 6.83. The maximum Gasteiger partial charge on any atom is 0.242 e. The van der Waals surface area contributed by atoms with E-state index >= 15 is 0 Å². The molecule has 0 spiro atoms. The standard InChI is InChI=1S/C15H27N3O2S/c1-11(2)9-13(10-16)17-14-7-5-6-8-15(14)21(19,20)18-12(3)4/h5-8,11-13,17-18H,9-10,16H2,1-4H3. The number of nitrogens with one attached hydrogen (secondary N) is 2. The second-order valence-corrected chi connectivity index (χ2v) is 7.66. The molecule has 0 aliphatic heterocycles. The van der Waals surface area contributed by atoms with Crippen molar-refractivity contribution >= 4 is 15.7 Å². The Morgan fingerprint density at radius 2 is 1.76 bits per heavy atom. The van der Waals surface area contributed by atoms with Crippen molar-refractivity contribution in [3.05, 3.63) is 24.3 Å². The fraction of sp³-hybridized carbons (Fsp3) is 0.600. The molecule has 1 aromatic carbocycles. The quantitative estimate of drug-likeness (QED) is 0.686. The van der Waals surface area contributed by atoms with Crippen LogP contribution in [0.1, 0.15) is 34.1 Å². The van der Waals surface area contributed by atoms with Crippen LogP contribution in [0.15, 0.2) is 29.2 Å². The molecule has 0 heterocycles. The molecule has 0 radical (unpaired) electrons.